The summed E-state index contributed by atoms with van der Waals surface area (Å²) in [5.41, 5.74) is 2.23. The fourth-order valence-electron chi connectivity index (χ4n) is 2.03. The Morgan fingerprint density at radius 3 is 2.89 bits per heavy atom. The summed E-state index contributed by atoms with van der Waals surface area (Å²) >= 11 is 0. The van der Waals surface area contributed by atoms with Gasteiger partial charge in [0.05, 0.1) is 11.7 Å². The zero-order valence-electron chi connectivity index (χ0n) is 11.1. The Labute approximate surface area is 107 Å². The first-order chi connectivity index (χ1) is 8.70. The summed E-state index contributed by atoms with van der Waals surface area (Å²) in [4.78, 5) is 4.24. The van der Waals surface area contributed by atoms with Crippen LogP contribution in [0.15, 0.2) is 12.4 Å². The van der Waals surface area contributed by atoms with Crippen molar-refractivity contribution < 1.29 is 0 Å². The molecule has 0 spiro atoms. The summed E-state index contributed by atoms with van der Waals surface area (Å²) in [5, 5.41) is 14.7. The van der Waals surface area contributed by atoms with E-state index < -0.39 is 0 Å². The molecule has 2 heterocycles. The van der Waals surface area contributed by atoms with Crippen molar-refractivity contribution in [3.05, 3.63) is 29.6 Å². The Hall–Kier alpha value is -1.69. The summed E-state index contributed by atoms with van der Waals surface area (Å²) in [6.45, 7) is 5.12. The summed E-state index contributed by atoms with van der Waals surface area (Å²) in [6.07, 6.45) is 3.49. The molecule has 1 unspecified atom stereocenters. The predicted octanol–water partition coefficient (Wildman–Crippen LogP) is 1.13. The molecule has 0 saturated carbocycles. The Bertz CT molecular complexity index is 473. The number of aryl methyl sites for hydroxylation is 2. The first kappa shape index (κ1) is 12.8. The van der Waals surface area contributed by atoms with Gasteiger partial charge >= 0.3 is 0 Å². The topological polar surface area (TPSA) is 71.4 Å². The molecule has 0 aromatic carbocycles. The second kappa shape index (κ2) is 5.77. The molecule has 0 radical (unpaired) electrons. The van der Waals surface area contributed by atoms with Gasteiger partial charge in [-0.25, -0.2) is 4.98 Å². The standard InChI is InChI=1S/C12H20N6/c1-4-5-13-11(12-14-8-15-16-12)7-10-6-9(2)17-18(10)3/h6,8,11,13H,4-5,7H2,1-3H3,(H,14,15,16). The Balaban J connectivity index is 2.12. The molecule has 6 nitrogen and oxygen atoms in total. The second-order valence-corrected chi connectivity index (χ2v) is 4.48. The zero-order chi connectivity index (χ0) is 13.0. The summed E-state index contributed by atoms with van der Waals surface area (Å²) in [5.74, 6) is 0.877. The zero-order valence-corrected chi connectivity index (χ0v) is 11.1. The van der Waals surface area contributed by atoms with Gasteiger partial charge in [0.2, 0.25) is 0 Å². The molecule has 1 atom stereocenters. The van der Waals surface area contributed by atoms with Crippen molar-refractivity contribution in [1.29, 1.82) is 0 Å². The van der Waals surface area contributed by atoms with E-state index in [0.717, 1.165) is 30.9 Å². The van der Waals surface area contributed by atoms with Crippen molar-refractivity contribution in [2.75, 3.05) is 6.54 Å². The van der Waals surface area contributed by atoms with Gasteiger partial charge in [0.15, 0.2) is 0 Å². The highest BCUT2D eigenvalue weighted by atomic mass is 15.3. The van der Waals surface area contributed by atoms with Crippen LogP contribution in [-0.2, 0) is 13.5 Å². The molecule has 0 fully saturated rings. The first-order valence-corrected chi connectivity index (χ1v) is 6.29. The van der Waals surface area contributed by atoms with Crippen LogP contribution in [0.1, 0.15) is 36.6 Å². The third-order valence-corrected chi connectivity index (χ3v) is 2.92. The smallest absolute Gasteiger partial charge is 0.141 e. The maximum atomic E-state index is 4.37. The van der Waals surface area contributed by atoms with Gasteiger partial charge in [0.1, 0.15) is 12.2 Å². The van der Waals surface area contributed by atoms with E-state index in [1.165, 1.54) is 5.69 Å². The van der Waals surface area contributed by atoms with Crippen molar-refractivity contribution in [2.45, 2.75) is 32.7 Å². The SMILES string of the molecule is CCCNC(Cc1cc(C)nn1C)c1ncn[nH]1. The maximum Gasteiger partial charge on any atom is 0.141 e. The van der Waals surface area contributed by atoms with Crippen LogP contribution >= 0.6 is 0 Å². The Morgan fingerprint density at radius 1 is 1.50 bits per heavy atom. The van der Waals surface area contributed by atoms with E-state index in [0.29, 0.717) is 0 Å². The molecule has 2 aromatic rings. The molecule has 0 aliphatic carbocycles. The van der Waals surface area contributed by atoms with Gasteiger partial charge in [-0.1, -0.05) is 6.92 Å². The number of hydrogen-bond donors (Lipinski definition) is 2. The second-order valence-electron chi connectivity index (χ2n) is 4.48. The van der Waals surface area contributed by atoms with E-state index >= 15 is 0 Å². The third-order valence-electron chi connectivity index (χ3n) is 2.92. The minimum atomic E-state index is 0.155. The lowest BCUT2D eigenvalue weighted by Gasteiger charge is -2.15. The molecule has 18 heavy (non-hydrogen) atoms. The van der Waals surface area contributed by atoms with Crippen molar-refractivity contribution in [1.82, 2.24) is 30.3 Å². The van der Waals surface area contributed by atoms with Crippen LogP contribution in [0.4, 0.5) is 0 Å². The molecule has 0 aliphatic heterocycles. The van der Waals surface area contributed by atoms with Gasteiger partial charge in [-0.3, -0.25) is 9.78 Å². The molecule has 98 valence electrons. The van der Waals surface area contributed by atoms with E-state index in [1.54, 1.807) is 6.33 Å². The van der Waals surface area contributed by atoms with Crippen LogP contribution in [0.3, 0.4) is 0 Å². The van der Waals surface area contributed by atoms with Crippen molar-refractivity contribution >= 4 is 0 Å². The normalized spacial score (nSPS) is 12.8. The van der Waals surface area contributed by atoms with Crippen molar-refractivity contribution in [2.24, 2.45) is 7.05 Å². The lowest BCUT2D eigenvalue weighted by Crippen LogP contribution is -2.26. The number of nitrogens with zero attached hydrogens (tertiary/aromatic N) is 4. The fraction of sp³-hybridized carbons (Fsp3) is 0.583. The van der Waals surface area contributed by atoms with E-state index in [-0.39, 0.29) is 6.04 Å². The minimum absolute atomic E-state index is 0.155. The number of H-pyrrole nitrogens is 1. The van der Waals surface area contributed by atoms with E-state index in [2.05, 4.69) is 38.6 Å². The van der Waals surface area contributed by atoms with Crippen LogP contribution in [0, 0.1) is 6.92 Å². The van der Waals surface area contributed by atoms with Crippen LogP contribution < -0.4 is 5.32 Å². The maximum absolute atomic E-state index is 4.37. The number of aromatic nitrogens is 5. The lowest BCUT2D eigenvalue weighted by atomic mass is 10.1. The van der Waals surface area contributed by atoms with Crippen LogP contribution in [-0.4, -0.2) is 31.5 Å². The molecule has 0 aliphatic rings. The van der Waals surface area contributed by atoms with Gasteiger partial charge in [-0.05, 0) is 26.0 Å². The molecule has 0 amide bonds. The van der Waals surface area contributed by atoms with Gasteiger partial charge in [-0.15, -0.1) is 0 Å². The quantitative estimate of drug-likeness (QED) is 0.804. The average molecular weight is 248 g/mol. The summed E-state index contributed by atoms with van der Waals surface area (Å²) < 4.78 is 1.92. The number of hydrogen-bond acceptors (Lipinski definition) is 4. The average Bonchev–Trinajstić information content (AvgIpc) is 2.95. The lowest BCUT2D eigenvalue weighted by molar-refractivity contribution is 0.491. The molecule has 6 heteroatoms. The van der Waals surface area contributed by atoms with Crippen molar-refractivity contribution in [3.63, 3.8) is 0 Å². The minimum Gasteiger partial charge on any atom is -0.307 e. The summed E-state index contributed by atoms with van der Waals surface area (Å²) in [7, 11) is 1.97. The van der Waals surface area contributed by atoms with Gasteiger partial charge in [-0.2, -0.15) is 10.2 Å². The molecule has 2 N–H and O–H groups in total. The molecular weight excluding hydrogens is 228 g/mol. The third kappa shape index (κ3) is 2.95. The molecule has 0 saturated heterocycles. The Kier molecular flexibility index (Phi) is 4.09. The van der Waals surface area contributed by atoms with Crippen LogP contribution in [0.25, 0.3) is 0 Å². The first-order valence-electron chi connectivity index (χ1n) is 6.29. The highest BCUT2D eigenvalue weighted by Crippen LogP contribution is 2.15. The largest absolute Gasteiger partial charge is 0.307 e. The van der Waals surface area contributed by atoms with E-state index in [1.807, 2.05) is 18.7 Å². The van der Waals surface area contributed by atoms with Crippen LogP contribution in [0.5, 0.6) is 0 Å². The van der Waals surface area contributed by atoms with E-state index in [4.69, 9.17) is 0 Å². The van der Waals surface area contributed by atoms with Gasteiger partial charge in [0, 0.05) is 19.2 Å². The Morgan fingerprint density at radius 2 is 2.33 bits per heavy atom. The molecule has 0 bridgehead atoms. The van der Waals surface area contributed by atoms with Gasteiger partial charge < -0.3 is 5.32 Å². The van der Waals surface area contributed by atoms with Crippen molar-refractivity contribution in [3.8, 4) is 0 Å². The molecule has 2 aromatic heterocycles. The number of rotatable bonds is 6. The monoisotopic (exact) mass is 248 g/mol. The molecular formula is C12H20N6. The number of aromatic amines is 1. The van der Waals surface area contributed by atoms with Crippen LogP contribution in [0.2, 0.25) is 0 Å². The fourth-order valence-corrected chi connectivity index (χ4v) is 2.03. The highest BCUT2D eigenvalue weighted by Gasteiger charge is 2.16. The highest BCUT2D eigenvalue weighted by molar-refractivity contribution is 5.12. The predicted molar refractivity (Wildman–Crippen MR) is 69.1 cm³/mol. The molecule has 2 rings (SSSR count). The van der Waals surface area contributed by atoms with E-state index in [9.17, 15) is 0 Å². The summed E-state index contributed by atoms with van der Waals surface area (Å²) in [6, 6.07) is 2.26. The number of nitrogens with one attached hydrogen (secondary N) is 2. The van der Waals surface area contributed by atoms with Gasteiger partial charge in [0.25, 0.3) is 0 Å².